The van der Waals surface area contributed by atoms with Crippen LogP contribution in [0.15, 0.2) is 48.5 Å². The lowest BCUT2D eigenvalue weighted by molar-refractivity contribution is 0.628. The summed E-state index contributed by atoms with van der Waals surface area (Å²) in [7, 11) is 0. The Bertz CT molecular complexity index is 573. The second-order valence-corrected chi connectivity index (χ2v) is 5.54. The molecule has 2 aromatic carbocycles. The molecule has 0 heterocycles. The Hall–Kier alpha value is -2.03. The maximum atomic E-state index is 12.8. The van der Waals surface area contributed by atoms with Crippen LogP contribution in [0.4, 0.5) is 15.8 Å². The molecule has 0 bridgehead atoms. The summed E-state index contributed by atoms with van der Waals surface area (Å²) in [4.78, 5) is 2.47. The van der Waals surface area contributed by atoms with Crippen molar-refractivity contribution in [1.29, 1.82) is 0 Å². The van der Waals surface area contributed by atoms with Gasteiger partial charge in [-0.1, -0.05) is 12.1 Å². The molecule has 3 heteroatoms. The molecule has 0 saturated heterocycles. The molecule has 2 nitrogen and oxygen atoms in total. The minimum atomic E-state index is -0.204. The van der Waals surface area contributed by atoms with Crippen LogP contribution in [0.3, 0.4) is 0 Å². The average Bonchev–Trinajstić information content (AvgIpc) is 3.34. The maximum Gasteiger partial charge on any atom is 0.123 e. The van der Waals surface area contributed by atoms with Crippen LogP contribution < -0.4 is 10.2 Å². The van der Waals surface area contributed by atoms with E-state index < -0.39 is 0 Å². The molecule has 0 aromatic heterocycles. The second-order valence-electron chi connectivity index (χ2n) is 5.54. The van der Waals surface area contributed by atoms with E-state index in [9.17, 15) is 4.39 Å². The lowest BCUT2D eigenvalue weighted by Crippen LogP contribution is -2.24. The van der Waals surface area contributed by atoms with Gasteiger partial charge in [0.05, 0.1) is 0 Å². The molecule has 21 heavy (non-hydrogen) atoms. The third kappa shape index (κ3) is 3.54. The number of hydrogen-bond donors (Lipinski definition) is 1. The van der Waals surface area contributed by atoms with Crippen LogP contribution in [0, 0.1) is 5.82 Å². The highest BCUT2D eigenvalue weighted by Gasteiger charge is 2.27. The third-order valence-electron chi connectivity index (χ3n) is 3.94. The normalized spacial score (nSPS) is 14.0. The molecule has 1 saturated carbocycles. The van der Waals surface area contributed by atoms with Gasteiger partial charge in [-0.2, -0.15) is 0 Å². The molecule has 0 amide bonds. The monoisotopic (exact) mass is 284 g/mol. The highest BCUT2D eigenvalue weighted by Crippen LogP contribution is 2.31. The minimum absolute atomic E-state index is 0.204. The first-order valence-corrected chi connectivity index (χ1v) is 7.61. The summed E-state index contributed by atoms with van der Waals surface area (Å²) in [6.07, 6.45) is 2.64. The molecule has 110 valence electrons. The van der Waals surface area contributed by atoms with Crippen LogP contribution in [0.1, 0.15) is 25.3 Å². The van der Waals surface area contributed by atoms with Crippen molar-refractivity contribution in [1.82, 2.24) is 0 Å². The summed E-state index contributed by atoms with van der Waals surface area (Å²) in [5, 5.41) is 3.31. The van der Waals surface area contributed by atoms with Crippen LogP contribution in [0.2, 0.25) is 0 Å². The fourth-order valence-electron chi connectivity index (χ4n) is 2.61. The Morgan fingerprint density at radius 3 is 2.29 bits per heavy atom. The van der Waals surface area contributed by atoms with Gasteiger partial charge in [0.25, 0.3) is 0 Å². The van der Waals surface area contributed by atoms with Crippen LogP contribution >= 0.6 is 0 Å². The van der Waals surface area contributed by atoms with Crippen LogP contribution in [-0.4, -0.2) is 12.6 Å². The van der Waals surface area contributed by atoms with Gasteiger partial charge in [0, 0.05) is 30.5 Å². The fourth-order valence-corrected chi connectivity index (χ4v) is 2.61. The summed E-state index contributed by atoms with van der Waals surface area (Å²) in [6, 6.07) is 15.9. The Morgan fingerprint density at radius 2 is 1.71 bits per heavy atom. The Morgan fingerprint density at radius 1 is 1.05 bits per heavy atom. The van der Waals surface area contributed by atoms with E-state index >= 15 is 0 Å². The lowest BCUT2D eigenvalue weighted by atomic mass is 10.2. The van der Waals surface area contributed by atoms with Crippen molar-refractivity contribution in [3.05, 3.63) is 59.9 Å². The first-order valence-electron chi connectivity index (χ1n) is 7.61. The SMILES string of the molecule is CCN(c1ccc(CNc2ccc(F)cc2)cc1)C1CC1. The van der Waals surface area contributed by atoms with Gasteiger partial charge in [0.2, 0.25) is 0 Å². The number of rotatable bonds is 6. The number of anilines is 2. The smallest absolute Gasteiger partial charge is 0.123 e. The van der Waals surface area contributed by atoms with Crippen LogP contribution in [-0.2, 0) is 6.54 Å². The lowest BCUT2D eigenvalue weighted by Gasteiger charge is -2.23. The third-order valence-corrected chi connectivity index (χ3v) is 3.94. The zero-order chi connectivity index (χ0) is 14.7. The highest BCUT2D eigenvalue weighted by atomic mass is 19.1. The molecular weight excluding hydrogens is 263 g/mol. The maximum absolute atomic E-state index is 12.8. The van der Waals surface area contributed by atoms with Crippen molar-refractivity contribution >= 4 is 11.4 Å². The molecule has 0 radical (unpaired) electrons. The van der Waals surface area contributed by atoms with Gasteiger partial charge in [-0.3, -0.25) is 0 Å². The standard InChI is InChI=1S/C18H21FN2/c1-2-21(18-11-12-18)17-9-3-14(4-10-17)13-20-16-7-5-15(19)6-8-16/h3-10,18,20H,2,11-13H2,1H3. The Balaban J connectivity index is 1.60. The summed E-state index contributed by atoms with van der Waals surface area (Å²) in [5.74, 6) is -0.204. The Kier molecular flexibility index (Phi) is 4.09. The largest absolute Gasteiger partial charge is 0.381 e. The van der Waals surface area contributed by atoms with Crippen molar-refractivity contribution in [2.45, 2.75) is 32.4 Å². The van der Waals surface area contributed by atoms with Gasteiger partial charge < -0.3 is 10.2 Å². The first kappa shape index (κ1) is 13.9. The molecule has 0 spiro atoms. The predicted octanol–water partition coefficient (Wildman–Crippen LogP) is 4.43. The van der Waals surface area contributed by atoms with E-state index in [0.29, 0.717) is 0 Å². The van der Waals surface area contributed by atoms with Gasteiger partial charge in [-0.05, 0) is 61.7 Å². The van der Waals surface area contributed by atoms with Gasteiger partial charge in [-0.15, -0.1) is 0 Å². The first-order chi connectivity index (χ1) is 10.3. The minimum Gasteiger partial charge on any atom is -0.381 e. The highest BCUT2D eigenvalue weighted by molar-refractivity contribution is 5.50. The summed E-state index contributed by atoms with van der Waals surface area (Å²) in [5.41, 5.74) is 3.48. The van der Waals surface area contributed by atoms with E-state index in [2.05, 4.69) is 41.4 Å². The molecule has 1 N–H and O–H groups in total. The molecule has 2 aromatic rings. The molecule has 0 unspecified atom stereocenters. The van der Waals surface area contributed by atoms with Gasteiger partial charge in [0.15, 0.2) is 0 Å². The van der Waals surface area contributed by atoms with Crippen molar-refractivity contribution in [3.63, 3.8) is 0 Å². The Labute approximate surface area is 125 Å². The van der Waals surface area contributed by atoms with E-state index in [1.807, 2.05) is 0 Å². The van der Waals surface area contributed by atoms with Gasteiger partial charge in [-0.25, -0.2) is 4.39 Å². The molecule has 1 aliphatic carbocycles. The average molecular weight is 284 g/mol. The summed E-state index contributed by atoms with van der Waals surface area (Å²) in [6.45, 7) is 4.03. The molecule has 1 aliphatic rings. The van der Waals surface area contributed by atoms with E-state index in [1.54, 1.807) is 12.1 Å². The van der Waals surface area contributed by atoms with Gasteiger partial charge in [0.1, 0.15) is 5.82 Å². The van der Waals surface area contributed by atoms with E-state index in [0.717, 1.165) is 24.8 Å². The fraction of sp³-hybridized carbons (Fsp3) is 0.333. The predicted molar refractivity (Wildman–Crippen MR) is 86.2 cm³/mol. The number of nitrogens with zero attached hydrogens (tertiary/aromatic N) is 1. The number of nitrogens with one attached hydrogen (secondary N) is 1. The molecule has 0 aliphatic heterocycles. The zero-order valence-corrected chi connectivity index (χ0v) is 12.3. The molecule has 3 rings (SSSR count). The topological polar surface area (TPSA) is 15.3 Å². The van der Waals surface area contributed by atoms with E-state index in [1.165, 1.54) is 36.2 Å². The number of halogens is 1. The van der Waals surface area contributed by atoms with Gasteiger partial charge >= 0.3 is 0 Å². The molecule has 0 atom stereocenters. The molecule has 1 fully saturated rings. The second kappa shape index (κ2) is 6.17. The van der Waals surface area contributed by atoms with Crippen molar-refractivity contribution in [2.75, 3.05) is 16.8 Å². The van der Waals surface area contributed by atoms with Crippen LogP contribution in [0.5, 0.6) is 0 Å². The van der Waals surface area contributed by atoms with Crippen molar-refractivity contribution in [3.8, 4) is 0 Å². The van der Waals surface area contributed by atoms with Crippen LogP contribution in [0.25, 0.3) is 0 Å². The van der Waals surface area contributed by atoms with Crippen molar-refractivity contribution < 1.29 is 4.39 Å². The van der Waals surface area contributed by atoms with E-state index in [-0.39, 0.29) is 5.82 Å². The summed E-state index contributed by atoms with van der Waals surface area (Å²) >= 11 is 0. The summed E-state index contributed by atoms with van der Waals surface area (Å²) < 4.78 is 12.8. The van der Waals surface area contributed by atoms with E-state index in [4.69, 9.17) is 0 Å². The molecular formula is C18H21FN2. The number of hydrogen-bond acceptors (Lipinski definition) is 2. The van der Waals surface area contributed by atoms with Crippen molar-refractivity contribution in [2.24, 2.45) is 0 Å². The number of benzene rings is 2. The zero-order valence-electron chi connectivity index (χ0n) is 12.3. The quantitative estimate of drug-likeness (QED) is 0.844.